The minimum Gasteiger partial charge on any atom is -0.389 e. The molecule has 0 heterocycles. The molecule has 15 heavy (non-hydrogen) atoms. The lowest BCUT2D eigenvalue weighted by Crippen LogP contribution is -2.28. The molecule has 0 aliphatic heterocycles. The van der Waals surface area contributed by atoms with E-state index in [2.05, 4.69) is 0 Å². The molecule has 1 N–H and O–H groups in total. The number of carbonyl (C=O) groups is 1. The van der Waals surface area contributed by atoms with Crippen LogP contribution in [0.25, 0.3) is 0 Å². The highest BCUT2D eigenvalue weighted by Crippen LogP contribution is 2.19. The largest absolute Gasteiger partial charge is 0.389 e. The molecule has 1 rings (SSSR count). The van der Waals surface area contributed by atoms with Crippen molar-refractivity contribution < 1.29 is 18.7 Å². The molecule has 2 nitrogen and oxygen atoms in total. The Morgan fingerprint density at radius 2 is 2.13 bits per heavy atom. The summed E-state index contributed by atoms with van der Waals surface area (Å²) in [5.41, 5.74) is -1.27. The quantitative estimate of drug-likeness (QED) is 0.776. The summed E-state index contributed by atoms with van der Waals surface area (Å²) >= 11 is 0. The normalized spacial score (nSPS) is 14.7. The summed E-state index contributed by atoms with van der Waals surface area (Å²) in [5, 5.41) is 9.66. The number of halogens is 2. The molecule has 0 bridgehead atoms. The number of hydrogen-bond donors (Lipinski definition) is 1. The van der Waals surface area contributed by atoms with Crippen LogP contribution in [-0.2, 0) is 11.2 Å². The summed E-state index contributed by atoms with van der Waals surface area (Å²) in [6.07, 6.45) is 0.357. The standard InChI is InChI=1S/C11H12F2O2/c1-11(15,5-6-14)7-8-3-2-4-9(12)10(8)13/h2-4,6,15H,5,7H2,1H3. The Morgan fingerprint density at radius 1 is 1.47 bits per heavy atom. The van der Waals surface area contributed by atoms with Gasteiger partial charge in [-0.3, -0.25) is 0 Å². The van der Waals surface area contributed by atoms with Crippen LogP contribution in [0, 0.1) is 11.6 Å². The molecule has 0 radical (unpaired) electrons. The van der Waals surface area contributed by atoms with E-state index in [0.717, 1.165) is 6.07 Å². The fourth-order valence-electron chi connectivity index (χ4n) is 1.35. The monoisotopic (exact) mass is 214 g/mol. The summed E-state index contributed by atoms with van der Waals surface area (Å²) in [7, 11) is 0. The van der Waals surface area contributed by atoms with E-state index in [1.807, 2.05) is 0 Å². The Bertz CT molecular complexity index is 362. The second-order valence-corrected chi connectivity index (χ2v) is 3.76. The number of rotatable bonds is 4. The van der Waals surface area contributed by atoms with Crippen molar-refractivity contribution in [2.24, 2.45) is 0 Å². The molecule has 1 aromatic rings. The Labute approximate surface area is 86.5 Å². The highest BCUT2D eigenvalue weighted by atomic mass is 19.2. The van der Waals surface area contributed by atoms with E-state index in [0.29, 0.717) is 6.29 Å². The minimum atomic E-state index is -1.34. The van der Waals surface area contributed by atoms with E-state index in [9.17, 15) is 18.7 Å². The van der Waals surface area contributed by atoms with Gasteiger partial charge in [0.15, 0.2) is 11.6 Å². The third-order valence-electron chi connectivity index (χ3n) is 2.13. The molecule has 0 aliphatic carbocycles. The maximum atomic E-state index is 13.2. The van der Waals surface area contributed by atoms with Crippen LogP contribution in [0.15, 0.2) is 18.2 Å². The lowest BCUT2D eigenvalue weighted by molar-refractivity contribution is -0.111. The number of carbonyl (C=O) groups excluding carboxylic acids is 1. The molecular weight excluding hydrogens is 202 g/mol. The lowest BCUT2D eigenvalue weighted by Gasteiger charge is -2.20. The SMILES string of the molecule is CC(O)(CC=O)Cc1cccc(F)c1F. The van der Waals surface area contributed by atoms with Crippen molar-refractivity contribution in [3.05, 3.63) is 35.4 Å². The molecule has 0 saturated carbocycles. The molecule has 4 heteroatoms. The molecule has 0 aliphatic rings. The molecule has 0 fully saturated rings. The van der Waals surface area contributed by atoms with Crippen molar-refractivity contribution in [3.8, 4) is 0 Å². The third kappa shape index (κ3) is 3.09. The van der Waals surface area contributed by atoms with Gasteiger partial charge in [0.25, 0.3) is 0 Å². The van der Waals surface area contributed by atoms with Crippen LogP contribution in [0.3, 0.4) is 0 Å². The smallest absolute Gasteiger partial charge is 0.162 e. The molecule has 0 saturated heterocycles. The minimum absolute atomic E-state index is 0.0712. The van der Waals surface area contributed by atoms with E-state index in [1.54, 1.807) is 0 Å². The summed E-state index contributed by atoms with van der Waals surface area (Å²) < 4.78 is 26.0. The maximum absolute atomic E-state index is 13.2. The Hall–Kier alpha value is -1.29. The third-order valence-corrected chi connectivity index (χ3v) is 2.13. The van der Waals surface area contributed by atoms with Crippen molar-refractivity contribution in [1.29, 1.82) is 0 Å². The van der Waals surface area contributed by atoms with E-state index in [-0.39, 0.29) is 18.4 Å². The second kappa shape index (κ2) is 4.49. The second-order valence-electron chi connectivity index (χ2n) is 3.76. The topological polar surface area (TPSA) is 37.3 Å². The number of aliphatic hydroxyl groups is 1. The van der Waals surface area contributed by atoms with Gasteiger partial charge >= 0.3 is 0 Å². The molecule has 1 unspecified atom stereocenters. The molecule has 0 amide bonds. The van der Waals surface area contributed by atoms with Gasteiger partial charge in [-0.05, 0) is 18.6 Å². The van der Waals surface area contributed by atoms with Gasteiger partial charge in [0.2, 0.25) is 0 Å². The molecule has 82 valence electrons. The van der Waals surface area contributed by atoms with E-state index in [4.69, 9.17) is 0 Å². The first kappa shape index (κ1) is 11.8. The van der Waals surface area contributed by atoms with Crippen LogP contribution in [-0.4, -0.2) is 17.0 Å². The summed E-state index contributed by atoms with van der Waals surface area (Å²) in [4.78, 5) is 10.2. The Balaban J connectivity index is 2.89. The number of hydrogen-bond acceptors (Lipinski definition) is 2. The van der Waals surface area contributed by atoms with Gasteiger partial charge in [0.05, 0.1) is 5.60 Å². The zero-order valence-electron chi connectivity index (χ0n) is 8.34. The van der Waals surface area contributed by atoms with E-state index < -0.39 is 17.2 Å². The molecule has 0 spiro atoms. The van der Waals surface area contributed by atoms with Gasteiger partial charge in [-0.25, -0.2) is 8.78 Å². The van der Waals surface area contributed by atoms with Gasteiger partial charge in [-0.1, -0.05) is 12.1 Å². The van der Waals surface area contributed by atoms with Gasteiger partial charge in [0.1, 0.15) is 6.29 Å². The van der Waals surface area contributed by atoms with Crippen LogP contribution in [0.4, 0.5) is 8.78 Å². The van der Waals surface area contributed by atoms with Crippen molar-refractivity contribution in [3.63, 3.8) is 0 Å². The molecular formula is C11H12F2O2. The zero-order valence-corrected chi connectivity index (χ0v) is 8.34. The highest BCUT2D eigenvalue weighted by molar-refractivity contribution is 5.51. The Morgan fingerprint density at radius 3 is 2.73 bits per heavy atom. The van der Waals surface area contributed by atoms with Crippen LogP contribution in [0.2, 0.25) is 0 Å². The zero-order chi connectivity index (χ0) is 11.5. The predicted molar refractivity (Wildman–Crippen MR) is 51.4 cm³/mol. The van der Waals surface area contributed by atoms with E-state index >= 15 is 0 Å². The van der Waals surface area contributed by atoms with E-state index in [1.165, 1.54) is 19.1 Å². The number of aldehydes is 1. The van der Waals surface area contributed by atoms with Crippen molar-refractivity contribution in [1.82, 2.24) is 0 Å². The fourth-order valence-corrected chi connectivity index (χ4v) is 1.35. The number of benzene rings is 1. The average molecular weight is 214 g/mol. The van der Waals surface area contributed by atoms with Crippen LogP contribution >= 0.6 is 0 Å². The Kier molecular flexibility index (Phi) is 3.52. The van der Waals surface area contributed by atoms with Crippen molar-refractivity contribution >= 4 is 6.29 Å². The fraction of sp³-hybridized carbons (Fsp3) is 0.364. The van der Waals surface area contributed by atoms with Gasteiger partial charge in [-0.15, -0.1) is 0 Å². The average Bonchev–Trinajstić information content (AvgIpc) is 2.12. The molecule has 1 atom stereocenters. The summed E-state index contributed by atoms with van der Waals surface area (Å²) in [5.74, 6) is -1.92. The highest BCUT2D eigenvalue weighted by Gasteiger charge is 2.22. The van der Waals surface area contributed by atoms with Gasteiger partial charge in [-0.2, -0.15) is 0 Å². The lowest BCUT2D eigenvalue weighted by atomic mass is 9.93. The van der Waals surface area contributed by atoms with Gasteiger partial charge in [0, 0.05) is 12.8 Å². The van der Waals surface area contributed by atoms with Crippen LogP contribution < -0.4 is 0 Å². The molecule has 1 aromatic carbocycles. The maximum Gasteiger partial charge on any atom is 0.162 e. The predicted octanol–water partition coefficient (Wildman–Crippen LogP) is 1.85. The van der Waals surface area contributed by atoms with Crippen LogP contribution in [0.5, 0.6) is 0 Å². The first-order valence-electron chi connectivity index (χ1n) is 4.55. The summed E-state index contributed by atoms with van der Waals surface area (Å²) in [6.45, 7) is 1.41. The van der Waals surface area contributed by atoms with Gasteiger partial charge < -0.3 is 9.90 Å². The first-order chi connectivity index (χ1) is 6.96. The van der Waals surface area contributed by atoms with Crippen LogP contribution in [0.1, 0.15) is 18.9 Å². The first-order valence-corrected chi connectivity index (χ1v) is 4.55. The summed E-state index contributed by atoms with van der Waals surface area (Å²) in [6, 6.07) is 3.76. The molecule has 0 aromatic heterocycles. The van der Waals surface area contributed by atoms with Crippen molar-refractivity contribution in [2.75, 3.05) is 0 Å². The van der Waals surface area contributed by atoms with Crippen molar-refractivity contribution in [2.45, 2.75) is 25.4 Å².